The van der Waals surface area contributed by atoms with E-state index in [0.29, 0.717) is 0 Å². The summed E-state index contributed by atoms with van der Waals surface area (Å²) in [5.74, 6) is 0. The van der Waals surface area contributed by atoms with Crippen molar-refractivity contribution in [3.63, 3.8) is 0 Å². The molecule has 6 aromatic carbocycles. The molecule has 0 amide bonds. The summed E-state index contributed by atoms with van der Waals surface area (Å²) in [6.45, 7) is 12.4. The molecule has 0 heterocycles. The van der Waals surface area contributed by atoms with Gasteiger partial charge in [0.05, 0.1) is 0 Å². The monoisotopic (exact) mass is 750 g/mol. The highest BCUT2D eigenvalue weighted by molar-refractivity contribution is 6.03. The Kier molecular flexibility index (Phi) is 12.6. The number of nitrogens with one attached hydrogen (secondary N) is 2. The Morgan fingerprint density at radius 2 is 1.24 bits per heavy atom. The van der Waals surface area contributed by atoms with E-state index < -0.39 is 0 Å². The van der Waals surface area contributed by atoms with Crippen molar-refractivity contribution in [2.24, 2.45) is 0 Å². The van der Waals surface area contributed by atoms with Crippen molar-refractivity contribution in [3.8, 4) is 22.3 Å². The van der Waals surface area contributed by atoms with Crippen LogP contribution in [0.15, 0.2) is 207 Å². The van der Waals surface area contributed by atoms with Crippen molar-refractivity contribution in [3.05, 3.63) is 246 Å². The van der Waals surface area contributed by atoms with Gasteiger partial charge in [-0.2, -0.15) is 0 Å². The molecule has 2 aliphatic rings. The van der Waals surface area contributed by atoms with E-state index in [4.69, 9.17) is 0 Å². The van der Waals surface area contributed by atoms with E-state index >= 15 is 0 Å². The smallest absolute Gasteiger partial charge is 0.0379 e. The van der Waals surface area contributed by atoms with Crippen LogP contribution in [0.4, 0.5) is 5.69 Å². The van der Waals surface area contributed by atoms with Crippen LogP contribution >= 0.6 is 0 Å². The lowest BCUT2D eigenvalue weighted by molar-refractivity contribution is 1.12. The van der Waals surface area contributed by atoms with E-state index in [2.05, 4.69) is 196 Å². The van der Waals surface area contributed by atoms with Crippen molar-refractivity contribution < 1.29 is 0 Å². The quantitative estimate of drug-likeness (QED) is 0.151. The molecular formula is C56H50N2. The van der Waals surface area contributed by atoms with Gasteiger partial charge in [-0.1, -0.05) is 170 Å². The predicted octanol–water partition coefficient (Wildman–Crippen LogP) is 15.0. The largest absolute Gasteiger partial charge is 0.361 e. The van der Waals surface area contributed by atoms with E-state index in [1.54, 1.807) is 0 Å². The van der Waals surface area contributed by atoms with Gasteiger partial charge in [0.15, 0.2) is 0 Å². The van der Waals surface area contributed by atoms with Crippen molar-refractivity contribution >= 4 is 39.8 Å². The minimum atomic E-state index is 0.972. The van der Waals surface area contributed by atoms with Crippen LogP contribution in [0.3, 0.4) is 0 Å². The van der Waals surface area contributed by atoms with E-state index in [1.165, 1.54) is 72.0 Å². The highest BCUT2D eigenvalue weighted by Gasteiger charge is 2.16. The molecule has 2 heteroatoms. The van der Waals surface area contributed by atoms with Crippen LogP contribution in [-0.2, 0) is 0 Å². The second-order valence-corrected chi connectivity index (χ2v) is 14.5. The molecule has 284 valence electrons. The standard InChI is InChI=1S/C36H29N.C20H21N/c1-25-12-6-10-18-32(25)35-23-28-14-9-11-19-34(28)36(26(35)2)29-20-21-33-27(22-29)13-7-8-15-30(33)24-37-31-16-4-3-5-17-31;1-4-6-11-19(5-2)21-15-18-10-8-7-9-17-14-16(3)12-13-20(17)18/h3-24,37H,1-2H3;4-15,21H,2H2,1,3H3/b30-24-;6-4-,18-15-,19-11+. The second-order valence-electron chi connectivity index (χ2n) is 14.5. The van der Waals surface area contributed by atoms with E-state index in [1.807, 2.05) is 55.6 Å². The Morgan fingerprint density at radius 3 is 1.98 bits per heavy atom. The van der Waals surface area contributed by atoms with Crippen molar-refractivity contribution in [1.82, 2.24) is 5.32 Å². The first-order chi connectivity index (χ1) is 28.4. The summed E-state index contributed by atoms with van der Waals surface area (Å²) in [7, 11) is 0. The predicted molar refractivity (Wildman–Crippen MR) is 254 cm³/mol. The maximum atomic E-state index is 3.83. The van der Waals surface area contributed by atoms with Gasteiger partial charge < -0.3 is 10.6 Å². The molecule has 8 rings (SSSR count). The Morgan fingerprint density at radius 1 is 0.586 bits per heavy atom. The third-order valence-electron chi connectivity index (χ3n) is 10.5. The van der Waals surface area contributed by atoms with Crippen molar-refractivity contribution in [2.75, 3.05) is 5.32 Å². The van der Waals surface area contributed by atoms with Crippen LogP contribution in [0, 0.1) is 20.8 Å². The first-order valence-corrected chi connectivity index (χ1v) is 19.9. The fourth-order valence-corrected chi connectivity index (χ4v) is 7.48. The molecule has 0 bridgehead atoms. The van der Waals surface area contributed by atoms with E-state index in [-0.39, 0.29) is 0 Å². The zero-order valence-corrected chi connectivity index (χ0v) is 33.8. The second kappa shape index (κ2) is 18.7. The molecule has 0 radical (unpaired) electrons. The molecule has 2 aliphatic carbocycles. The highest BCUT2D eigenvalue weighted by Crippen LogP contribution is 2.41. The Bertz CT molecular complexity index is 2710. The minimum absolute atomic E-state index is 0.972. The Balaban J connectivity index is 0.000000208. The van der Waals surface area contributed by atoms with Crippen LogP contribution in [0.25, 0.3) is 56.3 Å². The van der Waals surface area contributed by atoms with Crippen LogP contribution in [0.1, 0.15) is 45.9 Å². The summed E-state index contributed by atoms with van der Waals surface area (Å²) in [4.78, 5) is 0. The number of para-hydroxylation sites is 1. The molecule has 0 saturated heterocycles. The van der Waals surface area contributed by atoms with Crippen LogP contribution in [-0.4, -0.2) is 0 Å². The van der Waals surface area contributed by atoms with E-state index in [0.717, 1.165) is 22.5 Å². The summed E-state index contributed by atoms with van der Waals surface area (Å²) in [6.07, 6.45) is 28.9. The third kappa shape index (κ3) is 9.10. The van der Waals surface area contributed by atoms with Gasteiger partial charge in [0.25, 0.3) is 0 Å². The molecule has 0 aromatic heterocycles. The first-order valence-electron chi connectivity index (χ1n) is 19.9. The van der Waals surface area contributed by atoms with Gasteiger partial charge in [0, 0.05) is 23.8 Å². The Hall–Kier alpha value is -7.16. The lowest BCUT2D eigenvalue weighted by atomic mass is 9.85. The summed E-state index contributed by atoms with van der Waals surface area (Å²) >= 11 is 0. The fraction of sp³-hybridized carbons (Fsp3) is 0.0714. The van der Waals surface area contributed by atoms with Gasteiger partial charge in [-0.3, -0.25) is 0 Å². The SMILES string of the molecule is C=C/C(=C\C=C/C)N/C=C1/C=CC=Cc2cc(C)ccc21.Cc1ccccc1-c1cc2ccccc2c(-c2ccc3c(c2)C=CC=C/C3=C/Nc2ccccc2)c1C. The first kappa shape index (κ1) is 39.1. The van der Waals surface area contributed by atoms with Gasteiger partial charge >= 0.3 is 0 Å². The fourth-order valence-electron chi connectivity index (χ4n) is 7.48. The summed E-state index contributed by atoms with van der Waals surface area (Å²) in [6, 6.07) is 43.4. The summed E-state index contributed by atoms with van der Waals surface area (Å²) in [5.41, 5.74) is 18.3. The number of anilines is 1. The molecule has 0 spiro atoms. The number of aryl methyl sites for hydroxylation is 2. The van der Waals surface area contributed by atoms with Crippen molar-refractivity contribution in [1.29, 1.82) is 0 Å². The molecule has 0 unspecified atom stereocenters. The molecule has 0 fully saturated rings. The molecule has 6 aromatic rings. The number of hydrogen-bond acceptors (Lipinski definition) is 2. The molecule has 2 nitrogen and oxygen atoms in total. The van der Waals surface area contributed by atoms with Gasteiger partial charge in [-0.25, -0.2) is 0 Å². The summed E-state index contributed by atoms with van der Waals surface area (Å²) in [5, 5.41) is 9.31. The van der Waals surface area contributed by atoms with Crippen LogP contribution in [0.5, 0.6) is 0 Å². The summed E-state index contributed by atoms with van der Waals surface area (Å²) < 4.78 is 0. The zero-order valence-electron chi connectivity index (χ0n) is 33.8. The number of fused-ring (bicyclic) bond motifs is 3. The maximum Gasteiger partial charge on any atom is 0.0379 e. The maximum absolute atomic E-state index is 3.83. The van der Waals surface area contributed by atoms with Crippen LogP contribution in [0.2, 0.25) is 0 Å². The number of allylic oxidation sites excluding steroid dienone is 12. The molecule has 0 aliphatic heterocycles. The van der Waals surface area contributed by atoms with E-state index in [9.17, 15) is 0 Å². The topological polar surface area (TPSA) is 24.1 Å². The van der Waals surface area contributed by atoms with Gasteiger partial charge in [0.2, 0.25) is 0 Å². The normalized spacial score (nSPS) is 14.4. The average Bonchev–Trinajstić information content (AvgIpc) is 3.59. The molecule has 2 N–H and O–H groups in total. The van der Waals surface area contributed by atoms with Crippen molar-refractivity contribution in [2.45, 2.75) is 27.7 Å². The Labute approximate surface area is 344 Å². The molecule has 58 heavy (non-hydrogen) atoms. The lowest BCUT2D eigenvalue weighted by Gasteiger charge is -2.18. The minimum Gasteiger partial charge on any atom is -0.361 e. The van der Waals surface area contributed by atoms with Gasteiger partial charge in [-0.15, -0.1) is 0 Å². The lowest BCUT2D eigenvalue weighted by Crippen LogP contribution is -2.03. The third-order valence-corrected chi connectivity index (χ3v) is 10.5. The van der Waals surface area contributed by atoms with Crippen LogP contribution < -0.4 is 10.6 Å². The number of hydrogen-bond donors (Lipinski definition) is 2. The number of benzene rings is 6. The molecule has 0 atom stereocenters. The molecule has 0 saturated carbocycles. The van der Waals surface area contributed by atoms with Gasteiger partial charge in [-0.05, 0) is 142 Å². The van der Waals surface area contributed by atoms with Gasteiger partial charge in [0.1, 0.15) is 0 Å². The molecular weight excluding hydrogens is 701 g/mol. The number of rotatable bonds is 8. The highest BCUT2D eigenvalue weighted by atomic mass is 14.8. The average molecular weight is 751 g/mol. The zero-order chi connectivity index (χ0) is 40.3.